The zero-order valence-electron chi connectivity index (χ0n) is 8.66. The van der Waals surface area contributed by atoms with Crippen molar-refractivity contribution in [1.29, 1.82) is 0 Å². The molecule has 0 spiro atoms. The second-order valence-electron chi connectivity index (χ2n) is 3.26. The number of phosphoric ester groups is 1. The van der Waals surface area contributed by atoms with Crippen LogP contribution in [0.4, 0.5) is 0 Å². The van der Waals surface area contributed by atoms with E-state index in [9.17, 15) is 4.57 Å². The highest BCUT2D eigenvalue weighted by Gasteiger charge is 2.35. The molecule has 1 rings (SSSR count). The van der Waals surface area contributed by atoms with Crippen LogP contribution in [0, 0.1) is 0 Å². The SMILES string of the molecule is O=P(O)(O)Oc1c(C(Br)(Br)Br)cccc1C(Br)(Br)Br. The maximum absolute atomic E-state index is 11.1. The first-order valence-electron chi connectivity index (χ1n) is 4.35. The monoisotopic (exact) mass is 670 g/mol. The fourth-order valence-corrected chi connectivity index (χ4v) is 3.51. The minimum absolute atomic E-state index is 0.0204. The van der Waals surface area contributed by atoms with Crippen LogP contribution in [0.25, 0.3) is 0 Å². The minimum atomic E-state index is -4.71. The summed E-state index contributed by atoms with van der Waals surface area (Å²) in [7, 11) is -4.71. The number of benzene rings is 1. The van der Waals surface area contributed by atoms with Gasteiger partial charge in [-0.2, -0.15) is 0 Å². The Hall–Kier alpha value is 2.05. The van der Waals surface area contributed by atoms with Gasteiger partial charge in [-0.1, -0.05) is 114 Å². The van der Waals surface area contributed by atoms with Crippen molar-refractivity contribution in [1.82, 2.24) is 0 Å². The summed E-state index contributed by atoms with van der Waals surface area (Å²) in [5.41, 5.74) is 0.909. The number of phosphoric acid groups is 1. The molecule has 1 aromatic carbocycles. The molecule has 0 radical (unpaired) electrons. The van der Waals surface area contributed by atoms with Gasteiger partial charge in [0.05, 0.1) is 0 Å². The largest absolute Gasteiger partial charge is 0.524 e. The standard InChI is InChI=1S/C8H5Br6O4P/c9-7(10,11)4-2-1-3-5(8(12,13)14)6(4)18-19(15,16)17/h1-3H,(H2,15,16,17). The van der Waals surface area contributed by atoms with Crippen molar-refractivity contribution < 1.29 is 18.9 Å². The van der Waals surface area contributed by atoms with E-state index in [-0.39, 0.29) is 5.75 Å². The Kier molecular flexibility index (Phi) is 6.70. The molecule has 0 unspecified atom stereocenters. The van der Waals surface area contributed by atoms with Crippen LogP contribution in [0.3, 0.4) is 0 Å². The first kappa shape index (κ1) is 19.1. The van der Waals surface area contributed by atoms with Gasteiger partial charge in [-0.25, -0.2) is 4.57 Å². The van der Waals surface area contributed by atoms with Crippen molar-refractivity contribution in [2.24, 2.45) is 0 Å². The van der Waals surface area contributed by atoms with Gasteiger partial charge in [-0.15, -0.1) is 0 Å². The van der Waals surface area contributed by atoms with E-state index in [2.05, 4.69) is 95.6 Å². The maximum Gasteiger partial charge on any atom is 0.524 e. The van der Waals surface area contributed by atoms with Crippen molar-refractivity contribution in [3.05, 3.63) is 29.3 Å². The van der Waals surface area contributed by atoms with Crippen LogP contribution in [-0.2, 0) is 8.85 Å². The van der Waals surface area contributed by atoms with Gasteiger partial charge in [0.1, 0.15) is 5.75 Å². The predicted molar refractivity (Wildman–Crippen MR) is 96.0 cm³/mol. The molecule has 0 fully saturated rings. The van der Waals surface area contributed by atoms with Crippen molar-refractivity contribution in [3.8, 4) is 5.75 Å². The van der Waals surface area contributed by atoms with Crippen molar-refractivity contribution in [2.45, 2.75) is 4.29 Å². The average Bonchev–Trinajstić information content (AvgIpc) is 2.11. The Bertz CT molecular complexity index is 485. The summed E-state index contributed by atoms with van der Waals surface area (Å²) in [6.45, 7) is 0. The lowest BCUT2D eigenvalue weighted by atomic mass is 10.1. The van der Waals surface area contributed by atoms with E-state index in [0.717, 1.165) is 0 Å². The molecule has 2 N–H and O–H groups in total. The predicted octanol–water partition coefficient (Wildman–Crippen LogP) is 5.75. The van der Waals surface area contributed by atoms with Gasteiger partial charge in [0.25, 0.3) is 0 Å². The number of halogens is 6. The summed E-state index contributed by atoms with van der Waals surface area (Å²) in [4.78, 5) is 18.1. The molecule has 11 heteroatoms. The molecule has 0 aromatic heterocycles. The quantitative estimate of drug-likeness (QED) is 0.310. The lowest BCUT2D eigenvalue weighted by molar-refractivity contribution is 0.281. The molecule has 0 aliphatic heterocycles. The summed E-state index contributed by atoms with van der Waals surface area (Å²) >= 11 is 19.8. The molecule has 108 valence electrons. The second-order valence-corrected chi connectivity index (χ2v) is 17.9. The van der Waals surface area contributed by atoms with Gasteiger partial charge in [0, 0.05) is 11.1 Å². The molecule has 0 amide bonds. The lowest BCUT2D eigenvalue weighted by Crippen LogP contribution is -2.09. The first-order chi connectivity index (χ1) is 8.32. The zero-order chi connectivity index (χ0) is 15.1. The second kappa shape index (κ2) is 6.66. The van der Waals surface area contributed by atoms with Gasteiger partial charge >= 0.3 is 7.82 Å². The van der Waals surface area contributed by atoms with E-state index in [1.807, 2.05) is 0 Å². The third kappa shape index (κ3) is 5.98. The molecular formula is C8H5Br6O4P. The Morgan fingerprint density at radius 3 is 1.58 bits per heavy atom. The average molecular weight is 676 g/mol. The highest BCUT2D eigenvalue weighted by molar-refractivity contribution is 9.39. The van der Waals surface area contributed by atoms with Gasteiger partial charge in [0.15, 0.2) is 4.29 Å². The third-order valence-electron chi connectivity index (χ3n) is 1.84. The Balaban J connectivity index is 3.55. The molecule has 19 heavy (non-hydrogen) atoms. The van der Waals surface area contributed by atoms with Crippen LogP contribution in [0.5, 0.6) is 5.75 Å². The Morgan fingerprint density at radius 2 is 1.32 bits per heavy atom. The van der Waals surface area contributed by atoms with Crippen LogP contribution in [-0.4, -0.2) is 9.79 Å². The summed E-state index contributed by atoms with van der Waals surface area (Å²) < 4.78 is 14.2. The van der Waals surface area contributed by atoms with Crippen molar-refractivity contribution in [3.63, 3.8) is 0 Å². The molecule has 0 bridgehead atoms. The highest BCUT2D eigenvalue weighted by atomic mass is 80.0. The number of hydrogen-bond acceptors (Lipinski definition) is 2. The lowest BCUT2D eigenvalue weighted by Gasteiger charge is -2.24. The fraction of sp³-hybridized carbons (Fsp3) is 0.250. The topological polar surface area (TPSA) is 66.8 Å². The first-order valence-corrected chi connectivity index (χ1v) is 10.6. The van der Waals surface area contributed by atoms with Gasteiger partial charge in [-0.3, -0.25) is 9.79 Å². The van der Waals surface area contributed by atoms with E-state index >= 15 is 0 Å². The smallest absolute Gasteiger partial charge is 0.403 e. The number of rotatable bonds is 2. The molecule has 4 nitrogen and oxygen atoms in total. The van der Waals surface area contributed by atoms with Crippen molar-refractivity contribution in [2.75, 3.05) is 0 Å². The number of alkyl halides is 6. The van der Waals surface area contributed by atoms with Gasteiger partial charge in [-0.05, 0) is 0 Å². The van der Waals surface area contributed by atoms with Crippen LogP contribution < -0.4 is 4.52 Å². The van der Waals surface area contributed by atoms with Gasteiger partial charge in [0.2, 0.25) is 0 Å². The third-order valence-corrected chi connectivity index (χ3v) is 4.82. The molecule has 0 aliphatic rings. The van der Waals surface area contributed by atoms with Crippen LogP contribution in [0.15, 0.2) is 18.2 Å². The molecule has 1 aromatic rings. The van der Waals surface area contributed by atoms with Crippen LogP contribution >= 0.6 is 103 Å². The van der Waals surface area contributed by atoms with Gasteiger partial charge < -0.3 is 4.52 Å². The zero-order valence-corrected chi connectivity index (χ0v) is 19.1. The summed E-state index contributed by atoms with van der Waals surface area (Å²) in [5, 5.41) is 0. The number of para-hydroxylation sites is 1. The highest BCUT2D eigenvalue weighted by Crippen LogP contribution is 2.57. The summed E-state index contributed by atoms with van der Waals surface area (Å²) in [6.07, 6.45) is 0. The number of hydrogen-bond donors (Lipinski definition) is 2. The molecule has 0 aliphatic carbocycles. The molecule has 0 saturated heterocycles. The normalized spacial score (nSPS) is 13.5. The molecule has 0 saturated carbocycles. The molecule has 0 atom stereocenters. The summed E-state index contributed by atoms with van der Waals surface area (Å²) in [6, 6.07) is 5.01. The van der Waals surface area contributed by atoms with E-state index in [0.29, 0.717) is 11.1 Å². The van der Waals surface area contributed by atoms with E-state index in [1.165, 1.54) is 0 Å². The minimum Gasteiger partial charge on any atom is -0.403 e. The van der Waals surface area contributed by atoms with E-state index in [4.69, 9.17) is 14.3 Å². The molecular weight excluding hydrogens is 670 g/mol. The van der Waals surface area contributed by atoms with Crippen LogP contribution in [0.1, 0.15) is 11.1 Å². The Morgan fingerprint density at radius 1 is 0.947 bits per heavy atom. The van der Waals surface area contributed by atoms with E-state index < -0.39 is 12.1 Å². The Labute approximate surface area is 160 Å². The molecule has 0 heterocycles. The van der Waals surface area contributed by atoms with Crippen molar-refractivity contribution >= 4 is 103 Å². The summed E-state index contributed by atoms with van der Waals surface area (Å²) in [5.74, 6) is 0.0204. The van der Waals surface area contributed by atoms with E-state index in [1.54, 1.807) is 18.2 Å². The fourth-order valence-electron chi connectivity index (χ4n) is 1.20. The maximum atomic E-state index is 11.1. The van der Waals surface area contributed by atoms with Crippen LogP contribution in [0.2, 0.25) is 0 Å².